The summed E-state index contributed by atoms with van der Waals surface area (Å²) in [6.07, 6.45) is 5.99. The van der Waals surface area contributed by atoms with Crippen LogP contribution in [0.15, 0.2) is 12.1 Å². The molecule has 4 aliphatic rings. The number of benzene rings is 2. The summed E-state index contributed by atoms with van der Waals surface area (Å²) in [6.45, 7) is 15.1. The molecule has 2 aliphatic heterocycles. The minimum absolute atomic E-state index is 0.111. The number of hydrogen-bond acceptors (Lipinski definition) is 12. The predicted molar refractivity (Wildman–Crippen MR) is 230 cm³/mol. The smallest absolute Gasteiger partial charge is 0.407 e. The van der Waals surface area contributed by atoms with Crippen LogP contribution in [0.2, 0.25) is 0 Å². The van der Waals surface area contributed by atoms with E-state index in [0.29, 0.717) is 54.5 Å². The summed E-state index contributed by atoms with van der Waals surface area (Å²) < 4.78 is 31.9. The van der Waals surface area contributed by atoms with Crippen molar-refractivity contribution in [2.75, 3.05) is 66.5 Å². The molecule has 59 heavy (non-hydrogen) atoms. The van der Waals surface area contributed by atoms with E-state index in [1.54, 1.807) is 28.4 Å². The first kappa shape index (κ1) is 47.6. The molecule has 14 nitrogen and oxygen atoms in total. The van der Waals surface area contributed by atoms with Crippen LogP contribution in [0.3, 0.4) is 0 Å². The first-order valence-electron chi connectivity index (χ1n) is 20.6. The maximum Gasteiger partial charge on any atom is 0.407 e. The summed E-state index contributed by atoms with van der Waals surface area (Å²) in [5.74, 6) is 2.72. The second kappa shape index (κ2) is 21.4. The van der Waals surface area contributed by atoms with Gasteiger partial charge in [0.2, 0.25) is 0 Å². The van der Waals surface area contributed by atoms with Crippen molar-refractivity contribution in [2.45, 2.75) is 116 Å². The summed E-state index contributed by atoms with van der Waals surface area (Å²) in [5, 5.41) is 9.84. The lowest BCUT2D eigenvalue weighted by Gasteiger charge is -2.35. The number of methoxy groups -OCH3 is 4. The molecule has 2 aliphatic carbocycles. The van der Waals surface area contributed by atoms with Crippen LogP contribution >= 0.6 is 15.9 Å². The van der Waals surface area contributed by atoms with E-state index in [4.69, 9.17) is 28.4 Å². The summed E-state index contributed by atoms with van der Waals surface area (Å²) >= 11 is 3.32. The Morgan fingerprint density at radius 2 is 1.24 bits per heavy atom. The number of carbonyl (C=O) groups excluding carboxylic acids is 4. The number of unbranched alkanes of at least 4 members (excludes halogenated alkanes) is 2. The van der Waals surface area contributed by atoms with Crippen LogP contribution in [0.25, 0.3) is 0 Å². The third-order valence-electron chi connectivity index (χ3n) is 10.3. The van der Waals surface area contributed by atoms with Gasteiger partial charge in [-0.15, -0.1) is 0 Å². The van der Waals surface area contributed by atoms with Crippen molar-refractivity contribution in [3.8, 4) is 23.0 Å². The molecule has 0 saturated carbocycles. The van der Waals surface area contributed by atoms with Gasteiger partial charge in [0.25, 0.3) is 0 Å². The molecule has 0 radical (unpaired) electrons. The molecule has 2 unspecified atom stereocenters. The largest absolute Gasteiger partial charge is 0.493 e. The molecule has 2 amide bonds. The quantitative estimate of drug-likeness (QED) is 0.133. The lowest BCUT2D eigenvalue weighted by Crippen LogP contribution is -2.36. The van der Waals surface area contributed by atoms with Crippen LogP contribution in [0.4, 0.5) is 9.59 Å². The number of ketones is 2. The molecular weight excluding hydrogens is 824 g/mol. The monoisotopic (exact) mass is 888 g/mol. The van der Waals surface area contributed by atoms with Crippen LogP contribution in [0, 0.1) is 0 Å². The molecule has 0 bridgehead atoms. The highest BCUT2D eigenvalue weighted by atomic mass is 79.9. The minimum Gasteiger partial charge on any atom is -0.493 e. The van der Waals surface area contributed by atoms with Gasteiger partial charge in [-0.2, -0.15) is 0 Å². The average Bonchev–Trinajstić information content (AvgIpc) is 3.70. The lowest BCUT2D eigenvalue weighted by molar-refractivity contribution is 0.0515. The van der Waals surface area contributed by atoms with Gasteiger partial charge < -0.3 is 44.4 Å². The summed E-state index contributed by atoms with van der Waals surface area (Å²) in [4.78, 5) is 50.0. The Balaban J connectivity index is 0.000000217. The molecule has 2 atom stereocenters. The molecule has 2 heterocycles. The Morgan fingerprint density at radius 1 is 0.729 bits per heavy atom. The van der Waals surface area contributed by atoms with E-state index < -0.39 is 11.2 Å². The lowest BCUT2D eigenvalue weighted by atomic mass is 9.92. The Labute approximate surface area is 358 Å². The maximum atomic E-state index is 12.7. The molecular formula is C44H65BrN4O10. The van der Waals surface area contributed by atoms with Gasteiger partial charge in [-0.05, 0) is 128 Å². The number of hydrogen-bond donors (Lipinski definition) is 3. The number of ether oxygens (including phenoxy) is 6. The number of nitrogens with zero attached hydrogens (tertiary/aromatic N) is 1. The van der Waals surface area contributed by atoms with Crippen LogP contribution < -0.4 is 34.9 Å². The molecule has 0 spiro atoms. The third-order valence-corrected chi connectivity index (χ3v) is 10.8. The zero-order valence-electron chi connectivity index (χ0n) is 36.6. The Morgan fingerprint density at radius 3 is 1.75 bits per heavy atom. The second-order valence-electron chi connectivity index (χ2n) is 16.9. The van der Waals surface area contributed by atoms with Crippen LogP contribution in [0.1, 0.15) is 135 Å². The van der Waals surface area contributed by atoms with Gasteiger partial charge in [0.05, 0.1) is 39.6 Å². The first-order valence-corrected chi connectivity index (χ1v) is 21.7. The second-order valence-corrected chi connectivity index (χ2v) is 17.7. The Bertz CT molecular complexity index is 1810. The van der Waals surface area contributed by atoms with Crippen molar-refractivity contribution in [3.63, 3.8) is 0 Å². The third kappa shape index (κ3) is 12.7. The zero-order chi connectivity index (χ0) is 43.5. The van der Waals surface area contributed by atoms with Crippen molar-refractivity contribution >= 4 is 39.7 Å². The van der Waals surface area contributed by atoms with Gasteiger partial charge in [0.15, 0.2) is 34.6 Å². The summed E-state index contributed by atoms with van der Waals surface area (Å²) in [7, 11) is 6.38. The van der Waals surface area contributed by atoms with Gasteiger partial charge in [0.1, 0.15) is 11.2 Å². The molecule has 0 aromatic heterocycles. The Kier molecular flexibility index (Phi) is 17.3. The highest BCUT2D eigenvalue weighted by molar-refractivity contribution is 9.09. The molecule has 328 valence electrons. The number of Topliss-reactive ketones (excluding diaryl/α,β-unsaturated/α-hetero) is 2. The average molecular weight is 890 g/mol. The first-order chi connectivity index (χ1) is 28.0. The van der Waals surface area contributed by atoms with Gasteiger partial charge in [-0.25, -0.2) is 9.59 Å². The van der Waals surface area contributed by atoms with Crippen molar-refractivity contribution in [1.82, 2.24) is 20.9 Å². The van der Waals surface area contributed by atoms with E-state index in [0.717, 1.165) is 80.2 Å². The van der Waals surface area contributed by atoms with E-state index in [1.165, 1.54) is 11.1 Å². The molecule has 2 aromatic carbocycles. The number of rotatable bonds is 13. The van der Waals surface area contributed by atoms with E-state index in [2.05, 4.69) is 36.8 Å². The number of alkyl carbamates (subject to hydrolysis) is 2. The fourth-order valence-corrected chi connectivity index (χ4v) is 8.26. The van der Waals surface area contributed by atoms with Gasteiger partial charge >= 0.3 is 12.2 Å². The van der Waals surface area contributed by atoms with Gasteiger partial charge in [-0.1, -0.05) is 15.9 Å². The summed E-state index contributed by atoms with van der Waals surface area (Å²) in [5.41, 5.74) is 5.18. The van der Waals surface area contributed by atoms with Gasteiger partial charge in [0, 0.05) is 49.9 Å². The number of amides is 2. The highest BCUT2D eigenvalue weighted by Crippen LogP contribution is 2.49. The van der Waals surface area contributed by atoms with Crippen molar-refractivity contribution < 1.29 is 47.6 Å². The fraction of sp³-hybridized carbons (Fsp3) is 0.636. The van der Waals surface area contributed by atoms with Crippen molar-refractivity contribution in [2.24, 2.45) is 0 Å². The topological polar surface area (TPSA) is 163 Å². The number of nitrogens with one attached hydrogen (secondary N) is 3. The van der Waals surface area contributed by atoms with Crippen LogP contribution in [-0.4, -0.2) is 106 Å². The van der Waals surface area contributed by atoms with Crippen molar-refractivity contribution in [1.29, 1.82) is 0 Å². The maximum absolute atomic E-state index is 12.7. The van der Waals surface area contributed by atoms with Crippen LogP contribution in [-0.2, 0) is 22.3 Å². The van der Waals surface area contributed by atoms with E-state index in [1.807, 2.05) is 53.7 Å². The molecule has 2 aromatic rings. The summed E-state index contributed by atoms with van der Waals surface area (Å²) in [6, 6.07) is 4.30. The molecule has 3 N–H and O–H groups in total. The van der Waals surface area contributed by atoms with E-state index in [-0.39, 0.29) is 35.8 Å². The van der Waals surface area contributed by atoms with Gasteiger partial charge in [-0.3, -0.25) is 14.5 Å². The fourth-order valence-electron chi connectivity index (χ4n) is 7.86. The van der Waals surface area contributed by atoms with E-state index in [9.17, 15) is 19.2 Å². The number of alkyl halides is 1. The predicted octanol–water partition coefficient (Wildman–Crippen LogP) is 7.66. The standard InChI is InChI=1S/C22H32N2O5.C13H15NO3.C9H18BrNO2/c1-22(2,3)29-21(26)23-9-6-7-10-24-11-8-14-12-17(27-4)20(28-5)19-16(25)13-15(24)18(14)19;1-16-10-5-7-3-4-14-8-6-9(15)12(11(7)8)13(10)17-2;1-9(2,3)13-8(12)11-7-5-4-6-10/h12,15H,6-11,13H2,1-5H3,(H,23,26);5,8,14H,3-4,6H2,1-2H3;4-7H2,1-3H3,(H,11,12). The Hall–Kier alpha value is -4.08. The SMILES string of the molecule is CC(C)(C)OC(=O)NCCCCBr.COc1cc2c3c(c1OC)C(=O)CC3N(CCCCNC(=O)OC(C)(C)C)CC2.COc1cc2c3c(c1OC)C(=O)CC3NCC2. The van der Waals surface area contributed by atoms with Crippen molar-refractivity contribution in [3.05, 3.63) is 45.5 Å². The number of carbonyl (C=O) groups is 4. The number of halogens is 1. The van der Waals surface area contributed by atoms with Crippen LogP contribution in [0.5, 0.6) is 23.0 Å². The molecule has 15 heteroatoms. The normalized spacial score (nSPS) is 17.6. The molecule has 0 fully saturated rings. The van der Waals surface area contributed by atoms with E-state index >= 15 is 0 Å². The molecule has 6 rings (SSSR count). The minimum atomic E-state index is -0.484. The highest BCUT2D eigenvalue weighted by Gasteiger charge is 2.41. The zero-order valence-corrected chi connectivity index (χ0v) is 38.2. The molecule has 0 saturated heterocycles.